The molecule has 0 saturated heterocycles. The second-order valence-corrected chi connectivity index (χ2v) is 31.4. The summed E-state index contributed by atoms with van der Waals surface area (Å²) in [6.07, 6.45) is 0. The van der Waals surface area contributed by atoms with E-state index >= 15 is 0 Å². The van der Waals surface area contributed by atoms with Gasteiger partial charge in [0.25, 0.3) is 0 Å². The summed E-state index contributed by atoms with van der Waals surface area (Å²) in [6.45, 7) is 0. The maximum atomic E-state index is 9.35. The number of benzene rings is 23. The second kappa shape index (κ2) is 32.3. The number of fused-ring (bicyclic) bond motifs is 15. The lowest BCUT2D eigenvalue weighted by atomic mass is 9.85. The number of rotatable bonds is 11. The zero-order valence-corrected chi connectivity index (χ0v) is 68.5. The van der Waals surface area contributed by atoms with Gasteiger partial charge in [-0.3, -0.25) is 0 Å². The standard InChI is InChI=1S/2C44H28O.C38H24O/c2*1-3-13-29(14-4-1)33-27-28-40-44(38-21-11-12-22-39(38)45-40)43(33)32-25-23-31(24-26-32)42-36-19-9-7-17-34(36)41(30-15-5-2-6-16-30)35-18-8-10-20-37(35)42;1-2-11-26(12-3-1)36-29-13-4-6-15-31(29)37(32-16-7-5-14-30(32)36)27-23-21-25(22-24-27)28-18-10-20-35-38(28)33-17-8-9-19-34(33)39-35/h2*1-28H;1-24H/i2D,5D,6D,7D,8D,9D,10D,15D,16D,17D,18D,19D,20D;7D,8D,9D,10D,17D,18D,19D,20D;21D,22D,23D,24D. The highest BCUT2D eigenvalue weighted by Crippen LogP contribution is 2.52. The van der Waals surface area contributed by atoms with E-state index in [1.165, 1.54) is 0 Å². The van der Waals surface area contributed by atoms with Crippen LogP contribution >= 0.6 is 0 Å². The molecule has 0 atom stereocenters. The average molecular weight is 1670 g/mol. The second-order valence-electron chi connectivity index (χ2n) is 31.4. The van der Waals surface area contributed by atoms with Crippen molar-refractivity contribution in [3.8, 4) is 122 Å². The molecule has 0 saturated carbocycles. The number of para-hydroxylation sites is 3. The Morgan fingerprint density at radius 1 is 0.124 bits per heavy atom. The van der Waals surface area contributed by atoms with E-state index in [9.17, 15) is 13.7 Å². The highest BCUT2D eigenvalue weighted by molar-refractivity contribution is 6.26. The van der Waals surface area contributed by atoms with E-state index in [1.54, 1.807) is 36.4 Å². The van der Waals surface area contributed by atoms with Crippen molar-refractivity contribution >= 4 is 130 Å². The minimum absolute atomic E-state index is 0.0661. The molecule has 0 bridgehead atoms. The Labute approximate surface area is 781 Å². The van der Waals surface area contributed by atoms with Crippen LogP contribution in [0.4, 0.5) is 0 Å². The zero-order chi connectivity index (χ0) is 107. The molecule has 26 aromatic rings. The summed E-state index contributed by atoms with van der Waals surface area (Å²) in [5.41, 5.74) is 17.2. The Morgan fingerprint density at radius 2 is 0.364 bits per heavy atom. The molecule has 0 unspecified atom stereocenters. The fourth-order valence-electron chi connectivity index (χ4n) is 18.8. The monoisotopic (exact) mass is 1670 g/mol. The highest BCUT2D eigenvalue weighted by Gasteiger charge is 2.25. The summed E-state index contributed by atoms with van der Waals surface area (Å²) in [5, 5.41) is 9.15. The van der Waals surface area contributed by atoms with Crippen molar-refractivity contribution in [2.75, 3.05) is 0 Å². The lowest BCUT2D eigenvalue weighted by Gasteiger charge is -2.18. The largest absolute Gasteiger partial charge is 0.456 e. The van der Waals surface area contributed by atoms with E-state index in [0.29, 0.717) is 66.8 Å². The van der Waals surface area contributed by atoms with Gasteiger partial charge in [0.15, 0.2) is 0 Å². The lowest BCUT2D eigenvalue weighted by Crippen LogP contribution is -1.91. The highest BCUT2D eigenvalue weighted by atomic mass is 16.3. The van der Waals surface area contributed by atoms with Crippen LogP contribution in [0.15, 0.2) is 498 Å². The maximum absolute atomic E-state index is 9.35. The van der Waals surface area contributed by atoms with Crippen molar-refractivity contribution in [2.45, 2.75) is 0 Å². The van der Waals surface area contributed by atoms with Gasteiger partial charge in [-0.2, -0.15) is 0 Å². The number of hydrogen-bond donors (Lipinski definition) is 0. The van der Waals surface area contributed by atoms with Crippen molar-refractivity contribution in [2.24, 2.45) is 0 Å². The fraction of sp³-hybridized carbons (Fsp3) is 0. The van der Waals surface area contributed by atoms with E-state index in [-0.39, 0.29) is 108 Å². The molecule has 0 radical (unpaired) electrons. The quantitative estimate of drug-likeness (QED) is 0.121. The first kappa shape index (κ1) is 53.9. The summed E-state index contributed by atoms with van der Waals surface area (Å²) in [7, 11) is 0. The van der Waals surface area contributed by atoms with Crippen LogP contribution in [0.2, 0.25) is 0 Å². The fourth-order valence-corrected chi connectivity index (χ4v) is 18.8. The summed E-state index contributed by atoms with van der Waals surface area (Å²) in [6, 6.07) is 95.5. The summed E-state index contributed by atoms with van der Waals surface area (Å²) < 4.78 is 242. The molecule has 0 N–H and O–H groups in total. The predicted octanol–water partition coefficient (Wildman–Crippen LogP) is 36.0. The van der Waals surface area contributed by atoms with Crippen LogP contribution in [-0.2, 0) is 0 Å². The molecule has 0 spiro atoms. The van der Waals surface area contributed by atoms with E-state index in [1.807, 2.05) is 255 Å². The van der Waals surface area contributed by atoms with Gasteiger partial charge in [-0.1, -0.05) is 448 Å². The van der Waals surface area contributed by atoms with Gasteiger partial charge in [-0.05, 0) is 212 Å². The third-order valence-corrected chi connectivity index (χ3v) is 24.3. The van der Waals surface area contributed by atoms with Gasteiger partial charge in [-0.25, -0.2) is 0 Å². The van der Waals surface area contributed by atoms with Crippen molar-refractivity contribution in [3.63, 3.8) is 0 Å². The summed E-state index contributed by atoms with van der Waals surface area (Å²) in [4.78, 5) is 0. The third-order valence-electron chi connectivity index (χ3n) is 24.3. The Balaban J connectivity index is 0.000000123. The molecular formula is C126H80O3. The van der Waals surface area contributed by atoms with Crippen LogP contribution in [0.5, 0.6) is 0 Å². The van der Waals surface area contributed by atoms with E-state index in [2.05, 4.69) is 42.5 Å². The molecule has 129 heavy (non-hydrogen) atoms. The smallest absolute Gasteiger partial charge is 0.136 e. The molecule has 0 amide bonds. The maximum Gasteiger partial charge on any atom is 0.136 e. The molecule has 0 aliphatic rings. The van der Waals surface area contributed by atoms with Crippen molar-refractivity contribution in [3.05, 3.63) is 485 Å². The Kier molecular flexibility index (Phi) is 13.5. The van der Waals surface area contributed by atoms with Crippen LogP contribution in [0.25, 0.3) is 253 Å². The average Bonchev–Trinajstić information content (AvgIpc) is 1.09. The van der Waals surface area contributed by atoms with Gasteiger partial charge in [-0.15, -0.1) is 0 Å². The summed E-state index contributed by atoms with van der Waals surface area (Å²) in [5.74, 6) is 0. The zero-order valence-electron chi connectivity index (χ0n) is 93.5. The lowest BCUT2D eigenvalue weighted by molar-refractivity contribution is 0.668. The van der Waals surface area contributed by atoms with Crippen LogP contribution in [0.3, 0.4) is 0 Å². The van der Waals surface area contributed by atoms with Crippen molar-refractivity contribution in [1.29, 1.82) is 0 Å². The molecule has 3 heterocycles. The van der Waals surface area contributed by atoms with Gasteiger partial charge in [0.05, 0.1) is 34.3 Å². The first-order valence-electron chi connectivity index (χ1n) is 54.7. The van der Waals surface area contributed by atoms with Gasteiger partial charge < -0.3 is 13.3 Å². The van der Waals surface area contributed by atoms with Gasteiger partial charge in [0.2, 0.25) is 0 Å². The minimum Gasteiger partial charge on any atom is -0.456 e. The molecule has 602 valence electrons. The number of furan rings is 3. The summed E-state index contributed by atoms with van der Waals surface area (Å²) >= 11 is 0. The van der Waals surface area contributed by atoms with E-state index in [0.717, 1.165) is 121 Å². The third kappa shape index (κ3) is 13.2. The molecule has 26 rings (SSSR count). The topological polar surface area (TPSA) is 39.4 Å². The Morgan fingerprint density at radius 3 is 0.721 bits per heavy atom. The molecular weight excluding hydrogens is 1560 g/mol. The van der Waals surface area contributed by atoms with Gasteiger partial charge >= 0.3 is 0 Å². The normalized spacial score (nSPS) is 14.3. The van der Waals surface area contributed by atoms with Gasteiger partial charge in [0, 0.05) is 43.4 Å². The molecule has 3 nitrogen and oxygen atoms in total. The van der Waals surface area contributed by atoms with E-state index < -0.39 is 108 Å². The Bertz CT molecular complexity index is 10200. The molecule has 3 heteroatoms. The van der Waals surface area contributed by atoms with Crippen LogP contribution in [-0.4, -0.2) is 0 Å². The van der Waals surface area contributed by atoms with Crippen LogP contribution in [0.1, 0.15) is 34.3 Å². The molecule has 23 aromatic carbocycles. The van der Waals surface area contributed by atoms with Crippen LogP contribution < -0.4 is 0 Å². The SMILES string of the molecule is [2H]c1c([2H])c(-c2cccc3oc4ccccc4c23)c([2H])c([2H])c1-c1c2ccccc2c(-c2ccccc2)c2ccccc12.[2H]c1c([2H])c([2H])c(-c2c3c([2H])c([2H])c([2H])c([2H])c3c(-c3ccc(-c4c(-c5ccccc5)ccc5oc6ccccc6c45)cc3)c3c([2H])c([2H])c([2H])c([2H])c23)c([2H])c1[2H].[2H]c1c([2H])c([2H])c2c(-c3ccc(-c4c(-c5ccccc5)ccc5oc6ccccc6c45)cc3)c3c([2H])c([2H])c([2H])c([2H])c3c(-c3ccccc3)c2c1[2H]. The van der Waals surface area contributed by atoms with E-state index in [4.69, 9.17) is 33.8 Å². The van der Waals surface area contributed by atoms with Gasteiger partial charge in [0.1, 0.15) is 33.5 Å². The van der Waals surface area contributed by atoms with Crippen molar-refractivity contribution in [1.82, 2.24) is 0 Å². The Hall–Kier alpha value is -17.0. The van der Waals surface area contributed by atoms with Crippen LogP contribution in [0, 0.1) is 0 Å². The molecule has 0 aliphatic heterocycles. The first-order chi connectivity index (χ1) is 74.4. The predicted molar refractivity (Wildman–Crippen MR) is 546 cm³/mol. The van der Waals surface area contributed by atoms with Crippen molar-refractivity contribution < 1.29 is 47.5 Å². The number of hydrogen-bond acceptors (Lipinski definition) is 3. The molecule has 0 fully saturated rings. The molecule has 3 aromatic heterocycles. The minimum atomic E-state index is -0.714. The molecule has 0 aliphatic carbocycles. The first-order valence-corrected chi connectivity index (χ1v) is 42.2.